The second-order valence-corrected chi connectivity index (χ2v) is 4.81. The molecule has 0 radical (unpaired) electrons. The molecule has 0 spiro atoms. The summed E-state index contributed by atoms with van der Waals surface area (Å²) in [5.41, 5.74) is 1.59. The van der Waals surface area contributed by atoms with Gasteiger partial charge in [-0.1, -0.05) is 12.2 Å². The Balaban J connectivity index is 2.91. The zero-order chi connectivity index (χ0) is 15.8. The van der Waals surface area contributed by atoms with Gasteiger partial charge in [-0.3, -0.25) is 0 Å². The number of phenolic OH excluding ortho intramolecular Hbond substituents is 1. The molecule has 21 heavy (non-hydrogen) atoms. The molecular weight excluding hydrogens is 286 g/mol. The van der Waals surface area contributed by atoms with Crippen LogP contribution in [0.1, 0.15) is 31.9 Å². The Hall–Kier alpha value is -1.75. The molecule has 1 rings (SSSR count). The zero-order valence-electron chi connectivity index (χ0n) is 13.0. The van der Waals surface area contributed by atoms with E-state index in [2.05, 4.69) is 0 Å². The fraction of sp³-hybridized carbons (Fsp3) is 0.438. The first-order chi connectivity index (χ1) is 10.1. The third kappa shape index (κ3) is 4.63. The first-order valence-corrected chi connectivity index (χ1v) is 7.42. The number of allylic oxidation sites excluding steroid dienone is 1. The van der Waals surface area contributed by atoms with Crippen LogP contribution in [0.4, 0.5) is 0 Å². The molecule has 0 fully saturated rings. The number of rotatable bonds is 6. The molecule has 116 valence electrons. The molecule has 4 nitrogen and oxygen atoms in total. The van der Waals surface area contributed by atoms with Crippen LogP contribution in [0.5, 0.6) is 11.5 Å². The van der Waals surface area contributed by atoms with Crippen LogP contribution in [0.2, 0.25) is 0 Å². The molecule has 5 heteroatoms. The molecule has 1 N–H and O–H groups in total. The zero-order valence-corrected chi connectivity index (χ0v) is 13.9. The minimum absolute atomic E-state index is 0.0908. The second-order valence-electron chi connectivity index (χ2n) is 4.46. The van der Waals surface area contributed by atoms with Crippen LogP contribution < -0.4 is 4.74 Å². The van der Waals surface area contributed by atoms with Crippen LogP contribution in [0, 0.1) is 0 Å². The number of benzene rings is 1. The van der Waals surface area contributed by atoms with E-state index >= 15 is 0 Å². The molecule has 0 aliphatic heterocycles. The van der Waals surface area contributed by atoms with Crippen molar-refractivity contribution in [1.29, 1.82) is 0 Å². The van der Waals surface area contributed by atoms with Gasteiger partial charge in [0.05, 0.1) is 7.11 Å². The van der Waals surface area contributed by atoms with E-state index in [9.17, 15) is 5.11 Å². The van der Waals surface area contributed by atoms with Crippen LogP contribution in [0.25, 0.3) is 6.08 Å². The van der Waals surface area contributed by atoms with Gasteiger partial charge in [0.1, 0.15) is 6.61 Å². The number of aromatic hydroxyl groups is 1. The van der Waals surface area contributed by atoms with Crippen molar-refractivity contribution in [3.63, 3.8) is 0 Å². The fourth-order valence-electron chi connectivity index (χ4n) is 1.96. The van der Waals surface area contributed by atoms with E-state index in [1.54, 1.807) is 6.07 Å². The van der Waals surface area contributed by atoms with E-state index in [4.69, 9.17) is 21.7 Å². The predicted octanol–water partition coefficient (Wildman–Crippen LogP) is 3.58. The van der Waals surface area contributed by atoms with E-state index in [0.29, 0.717) is 16.5 Å². The lowest BCUT2D eigenvalue weighted by Crippen LogP contribution is -2.30. The lowest BCUT2D eigenvalue weighted by Gasteiger charge is -2.21. The van der Waals surface area contributed by atoms with Gasteiger partial charge in [-0.2, -0.15) is 0 Å². The van der Waals surface area contributed by atoms with Gasteiger partial charge >= 0.3 is 0 Å². The Morgan fingerprint density at radius 1 is 1.33 bits per heavy atom. The van der Waals surface area contributed by atoms with Gasteiger partial charge in [0.2, 0.25) is 0 Å². The molecule has 0 unspecified atom stereocenters. The molecule has 0 aliphatic rings. The summed E-state index contributed by atoms with van der Waals surface area (Å²) < 4.78 is 10.8. The molecule has 1 aromatic rings. The molecule has 0 saturated carbocycles. The topological polar surface area (TPSA) is 41.9 Å². The first-order valence-electron chi connectivity index (χ1n) is 7.01. The minimum Gasteiger partial charge on any atom is -0.504 e. The van der Waals surface area contributed by atoms with E-state index in [0.717, 1.165) is 18.7 Å². The largest absolute Gasteiger partial charge is 0.504 e. The summed E-state index contributed by atoms with van der Waals surface area (Å²) in [5.74, 6) is 0.519. The van der Waals surface area contributed by atoms with Crippen molar-refractivity contribution in [3.05, 3.63) is 29.3 Å². The van der Waals surface area contributed by atoms with E-state index in [1.165, 1.54) is 7.11 Å². The van der Waals surface area contributed by atoms with Crippen LogP contribution in [-0.4, -0.2) is 35.4 Å². The summed E-state index contributed by atoms with van der Waals surface area (Å²) >= 11 is 5.24. The standard InChI is InChI=1S/C16H23NO3S/c1-5-8-12-9-13(15(18)14(10-12)19-4)11-20-16(21)17(6-2)7-3/h5,8-10,18H,6-7,11H2,1-4H3. The monoisotopic (exact) mass is 309 g/mol. The number of nitrogens with zero attached hydrogens (tertiary/aromatic N) is 1. The highest BCUT2D eigenvalue weighted by Crippen LogP contribution is 2.32. The summed E-state index contributed by atoms with van der Waals surface area (Å²) in [6.07, 6.45) is 3.87. The van der Waals surface area contributed by atoms with Gasteiger partial charge in [-0.25, -0.2) is 0 Å². The third-order valence-corrected chi connectivity index (χ3v) is 3.50. The van der Waals surface area contributed by atoms with Crippen molar-refractivity contribution in [2.75, 3.05) is 20.2 Å². The Labute approximate surface area is 132 Å². The molecule has 0 aromatic heterocycles. The summed E-state index contributed by atoms with van der Waals surface area (Å²) in [5, 5.41) is 10.6. The molecule has 0 heterocycles. The van der Waals surface area contributed by atoms with Crippen LogP contribution >= 0.6 is 12.2 Å². The highest BCUT2D eigenvalue weighted by Gasteiger charge is 2.12. The van der Waals surface area contributed by atoms with Gasteiger partial charge in [-0.05, 0) is 50.7 Å². The number of hydrogen-bond acceptors (Lipinski definition) is 4. The maximum absolute atomic E-state index is 10.2. The Kier molecular flexibility index (Phi) is 7.02. The summed E-state index contributed by atoms with van der Waals surface area (Å²) in [6.45, 7) is 7.78. The minimum atomic E-state index is 0.0908. The molecular formula is C16H23NO3S. The average molecular weight is 309 g/mol. The van der Waals surface area contributed by atoms with Gasteiger partial charge in [0.15, 0.2) is 11.5 Å². The molecule has 0 aliphatic carbocycles. The number of methoxy groups -OCH3 is 1. The predicted molar refractivity (Wildman–Crippen MR) is 89.7 cm³/mol. The lowest BCUT2D eigenvalue weighted by atomic mass is 10.1. The lowest BCUT2D eigenvalue weighted by molar-refractivity contribution is 0.234. The van der Waals surface area contributed by atoms with Crippen molar-refractivity contribution in [2.45, 2.75) is 27.4 Å². The van der Waals surface area contributed by atoms with Crippen molar-refractivity contribution in [2.24, 2.45) is 0 Å². The molecule has 0 atom stereocenters. The summed E-state index contributed by atoms with van der Waals surface area (Å²) in [7, 11) is 1.53. The van der Waals surface area contributed by atoms with E-state index in [1.807, 2.05) is 43.9 Å². The number of thiocarbonyl (C=S) groups is 1. The quantitative estimate of drug-likeness (QED) is 0.814. The second kappa shape index (κ2) is 8.52. The Bertz CT molecular complexity index is 510. The van der Waals surface area contributed by atoms with Crippen molar-refractivity contribution in [1.82, 2.24) is 4.90 Å². The highest BCUT2D eigenvalue weighted by molar-refractivity contribution is 7.80. The summed E-state index contributed by atoms with van der Waals surface area (Å²) in [6, 6.07) is 3.64. The van der Waals surface area contributed by atoms with Crippen LogP contribution in [0.15, 0.2) is 18.2 Å². The Morgan fingerprint density at radius 2 is 2.00 bits per heavy atom. The van der Waals surface area contributed by atoms with E-state index in [-0.39, 0.29) is 12.4 Å². The van der Waals surface area contributed by atoms with Crippen LogP contribution in [-0.2, 0) is 11.3 Å². The van der Waals surface area contributed by atoms with Crippen molar-refractivity contribution >= 4 is 23.5 Å². The first kappa shape index (κ1) is 17.3. The van der Waals surface area contributed by atoms with Crippen LogP contribution in [0.3, 0.4) is 0 Å². The fourth-order valence-corrected chi connectivity index (χ4v) is 2.27. The normalized spacial score (nSPS) is 10.7. The van der Waals surface area contributed by atoms with Gasteiger partial charge in [0, 0.05) is 18.7 Å². The maximum atomic E-state index is 10.2. The van der Waals surface area contributed by atoms with Gasteiger partial charge in [-0.15, -0.1) is 0 Å². The van der Waals surface area contributed by atoms with Gasteiger partial charge < -0.3 is 19.5 Å². The van der Waals surface area contributed by atoms with E-state index < -0.39 is 0 Å². The Morgan fingerprint density at radius 3 is 2.52 bits per heavy atom. The third-order valence-electron chi connectivity index (χ3n) is 3.13. The van der Waals surface area contributed by atoms with Crippen molar-refractivity contribution < 1.29 is 14.6 Å². The SMILES string of the molecule is CC=Cc1cc(COC(=S)N(CC)CC)c(O)c(OC)c1. The molecule has 0 saturated heterocycles. The number of ether oxygens (including phenoxy) is 2. The van der Waals surface area contributed by atoms with Crippen molar-refractivity contribution in [3.8, 4) is 11.5 Å². The number of phenols is 1. The molecule has 0 amide bonds. The smallest absolute Gasteiger partial charge is 0.259 e. The van der Waals surface area contributed by atoms with Gasteiger partial charge in [0.25, 0.3) is 5.17 Å². The molecule has 1 aromatic carbocycles. The highest BCUT2D eigenvalue weighted by atomic mass is 32.1. The summed E-state index contributed by atoms with van der Waals surface area (Å²) in [4.78, 5) is 1.94. The number of hydrogen-bond donors (Lipinski definition) is 1. The maximum Gasteiger partial charge on any atom is 0.259 e. The average Bonchev–Trinajstić information content (AvgIpc) is 2.48. The molecule has 0 bridgehead atoms.